The van der Waals surface area contributed by atoms with Crippen molar-refractivity contribution in [3.05, 3.63) is 29.8 Å². The average Bonchev–Trinajstić information content (AvgIpc) is 3.27. The summed E-state index contributed by atoms with van der Waals surface area (Å²) < 4.78 is 7.54. The molecule has 0 N–H and O–H groups in total. The maximum Gasteiger partial charge on any atom is 0.240 e. The second-order valence-electron chi connectivity index (χ2n) is 7.28. The smallest absolute Gasteiger partial charge is 0.240 e. The van der Waals surface area contributed by atoms with Crippen molar-refractivity contribution in [2.24, 2.45) is 0 Å². The van der Waals surface area contributed by atoms with E-state index in [1.165, 1.54) is 17.3 Å². The molecule has 4 rings (SSSR count). The van der Waals surface area contributed by atoms with Crippen molar-refractivity contribution in [2.75, 3.05) is 36.1 Å². The molecule has 28 heavy (non-hydrogen) atoms. The Morgan fingerprint density at radius 1 is 1.29 bits per heavy atom. The number of anilines is 2. The highest BCUT2D eigenvalue weighted by Crippen LogP contribution is 2.35. The number of morpholine rings is 1. The van der Waals surface area contributed by atoms with Crippen LogP contribution in [0.1, 0.15) is 26.3 Å². The Morgan fingerprint density at radius 2 is 2.04 bits per heavy atom. The summed E-state index contributed by atoms with van der Waals surface area (Å²) in [6.07, 6.45) is 0.908. The normalized spacial score (nSPS) is 20.3. The molecule has 2 aliphatic rings. The Labute approximate surface area is 170 Å². The Balaban J connectivity index is 1.51. The van der Waals surface area contributed by atoms with Crippen LogP contribution in [-0.2, 0) is 22.5 Å². The van der Waals surface area contributed by atoms with Gasteiger partial charge >= 0.3 is 0 Å². The Bertz CT molecular complexity index is 849. The zero-order valence-electron chi connectivity index (χ0n) is 16.7. The highest BCUT2D eigenvalue weighted by Gasteiger charge is 2.34. The minimum Gasteiger partial charge on any atom is -0.378 e. The van der Waals surface area contributed by atoms with E-state index in [0.29, 0.717) is 13.2 Å². The monoisotopic (exact) mass is 401 g/mol. The fourth-order valence-electron chi connectivity index (χ4n) is 3.95. The maximum atomic E-state index is 13.3. The number of ether oxygens (including phenoxy) is 1. The Morgan fingerprint density at radius 3 is 2.79 bits per heavy atom. The summed E-state index contributed by atoms with van der Waals surface area (Å²) in [5.41, 5.74) is 2.28. The number of aromatic nitrogens is 3. The number of carbonyl (C=O) groups excluding carboxylic acids is 1. The van der Waals surface area contributed by atoms with Gasteiger partial charge in [-0.05, 0) is 38.8 Å². The molecule has 1 amide bonds. The van der Waals surface area contributed by atoms with Crippen LogP contribution in [0.4, 0.5) is 11.6 Å². The first kappa shape index (κ1) is 19.3. The van der Waals surface area contributed by atoms with E-state index >= 15 is 0 Å². The lowest BCUT2D eigenvalue weighted by molar-refractivity contribution is -0.118. The molecule has 2 atom stereocenters. The standard InChI is InChI=1S/C20H27N5O2S/c1-4-24-19(23-9-11-27-12-10-23)21-22-20(24)28-15(3)18(26)25-14(2)13-16-7-5-6-8-17(16)25/h5-8,14-15H,4,9-13H2,1-3H3/t14-,15-/m0/s1. The van der Waals surface area contributed by atoms with Crippen LogP contribution in [0, 0.1) is 0 Å². The van der Waals surface area contributed by atoms with Gasteiger partial charge in [0.1, 0.15) is 0 Å². The minimum atomic E-state index is -0.236. The van der Waals surface area contributed by atoms with Crippen molar-refractivity contribution in [3.63, 3.8) is 0 Å². The fourth-order valence-corrected chi connectivity index (χ4v) is 4.90. The highest BCUT2D eigenvalue weighted by molar-refractivity contribution is 8.00. The lowest BCUT2D eigenvalue weighted by Gasteiger charge is -2.28. The lowest BCUT2D eigenvalue weighted by atomic mass is 10.1. The van der Waals surface area contributed by atoms with Crippen LogP contribution in [0.5, 0.6) is 0 Å². The maximum absolute atomic E-state index is 13.3. The molecule has 0 unspecified atom stereocenters. The fraction of sp³-hybridized carbons (Fsp3) is 0.550. The van der Waals surface area contributed by atoms with E-state index in [2.05, 4.69) is 39.6 Å². The molecule has 2 aromatic rings. The van der Waals surface area contributed by atoms with Gasteiger partial charge in [-0.3, -0.25) is 9.36 Å². The van der Waals surface area contributed by atoms with Gasteiger partial charge in [0.15, 0.2) is 5.16 Å². The molecular weight excluding hydrogens is 374 g/mol. The molecule has 0 spiro atoms. The third-order valence-electron chi connectivity index (χ3n) is 5.38. The number of para-hydroxylation sites is 1. The molecule has 150 valence electrons. The predicted octanol–water partition coefficient (Wildman–Crippen LogP) is 2.59. The zero-order chi connectivity index (χ0) is 19.7. The van der Waals surface area contributed by atoms with E-state index in [4.69, 9.17) is 4.74 Å². The molecule has 0 bridgehead atoms. The largest absolute Gasteiger partial charge is 0.378 e. The van der Waals surface area contributed by atoms with Gasteiger partial charge in [-0.15, -0.1) is 10.2 Å². The van der Waals surface area contributed by atoms with E-state index in [0.717, 1.165) is 42.8 Å². The number of hydrogen-bond acceptors (Lipinski definition) is 6. The highest BCUT2D eigenvalue weighted by atomic mass is 32.2. The first-order valence-electron chi connectivity index (χ1n) is 9.93. The van der Waals surface area contributed by atoms with Crippen LogP contribution in [0.25, 0.3) is 0 Å². The van der Waals surface area contributed by atoms with Gasteiger partial charge in [-0.2, -0.15) is 0 Å². The van der Waals surface area contributed by atoms with Crippen molar-refractivity contribution in [2.45, 2.75) is 50.2 Å². The van der Waals surface area contributed by atoms with E-state index in [1.807, 2.05) is 30.0 Å². The van der Waals surface area contributed by atoms with E-state index in [9.17, 15) is 4.79 Å². The summed E-state index contributed by atoms with van der Waals surface area (Å²) >= 11 is 1.49. The number of hydrogen-bond donors (Lipinski definition) is 0. The SMILES string of the molecule is CCn1c(S[C@@H](C)C(=O)N2c3ccccc3C[C@@H]2C)nnc1N1CCOCC1. The van der Waals surface area contributed by atoms with Gasteiger partial charge in [-0.1, -0.05) is 30.0 Å². The first-order valence-corrected chi connectivity index (χ1v) is 10.8. The van der Waals surface area contributed by atoms with Crippen LogP contribution < -0.4 is 9.80 Å². The van der Waals surface area contributed by atoms with Crippen LogP contribution >= 0.6 is 11.8 Å². The quantitative estimate of drug-likeness (QED) is 0.718. The summed E-state index contributed by atoms with van der Waals surface area (Å²) in [5, 5.41) is 9.37. The van der Waals surface area contributed by atoms with Gasteiger partial charge in [0.2, 0.25) is 11.9 Å². The van der Waals surface area contributed by atoms with Gasteiger partial charge in [0, 0.05) is 31.4 Å². The second-order valence-corrected chi connectivity index (χ2v) is 8.58. The third kappa shape index (κ3) is 3.51. The van der Waals surface area contributed by atoms with Crippen molar-refractivity contribution in [1.82, 2.24) is 14.8 Å². The van der Waals surface area contributed by atoms with Gasteiger partial charge in [-0.25, -0.2) is 0 Å². The average molecular weight is 402 g/mol. The van der Waals surface area contributed by atoms with Crippen molar-refractivity contribution >= 4 is 29.3 Å². The molecule has 0 saturated carbocycles. The summed E-state index contributed by atoms with van der Waals surface area (Å²) in [4.78, 5) is 17.4. The summed E-state index contributed by atoms with van der Waals surface area (Å²) in [6.45, 7) is 9.98. The van der Waals surface area contributed by atoms with Gasteiger partial charge < -0.3 is 14.5 Å². The van der Waals surface area contributed by atoms with Crippen LogP contribution in [0.3, 0.4) is 0 Å². The molecule has 0 aliphatic carbocycles. The molecule has 1 fully saturated rings. The summed E-state index contributed by atoms with van der Waals surface area (Å²) in [7, 11) is 0. The molecule has 8 heteroatoms. The van der Waals surface area contributed by atoms with Gasteiger partial charge in [0.05, 0.1) is 18.5 Å². The molecule has 2 aliphatic heterocycles. The van der Waals surface area contributed by atoms with Crippen molar-refractivity contribution < 1.29 is 9.53 Å². The number of thioether (sulfide) groups is 1. The Kier molecular flexibility index (Phi) is 5.59. The topological polar surface area (TPSA) is 63.5 Å². The van der Waals surface area contributed by atoms with Crippen LogP contribution in [0.2, 0.25) is 0 Å². The van der Waals surface area contributed by atoms with Gasteiger partial charge in [0.25, 0.3) is 0 Å². The number of fused-ring (bicyclic) bond motifs is 1. The van der Waals surface area contributed by atoms with E-state index < -0.39 is 0 Å². The molecule has 7 nitrogen and oxygen atoms in total. The molecule has 1 saturated heterocycles. The summed E-state index contributed by atoms with van der Waals surface area (Å²) in [5.74, 6) is 0.994. The number of benzene rings is 1. The molecule has 1 aromatic heterocycles. The number of rotatable bonds is 5. The number of nitrogens with zero attached hydrogens (tertiary/aromatic N) is 5. The molecular formula is C20H27N5O2S. The van der Waals surface area contributed by atoms with Crippen molar-refractivity contribution in [3.8, 4) is 0 Å². The third-order valence-corrected chi connectivity index (χ3v) is 6.45. The minimum absolute atomic E-state index is 0.126. The van der Waals surface area contributed by atoms with Crippen LogP contribution in [-0.4, -0.2) is 58.3 Å². The Hall–Kier alpha value is -2.06. The zero-order valence-corrected chi connectivity index (χ0v) is 17.5. The molecule has 0 radical (unpaired) electrons. The van der Waals surface area contributed by atoms with E-state index in [1.54, 1.807) is 0 Å². The van der Waals surface area contributed by atoms with Crippen molar-refractivity contribution in [1.29, 1.82) is 0 Å². The molecule has 1 aromatic carbocycles. The van der Waals surface area contributed by atoms with Crippen LogP contribution in [0.15, 0.2) is 29.4 Å². The number of carbonyl (C=O) groups is 1. The second kappa shape index (κ2) is 8.13. The predicted molar refractivity (Wildman–Crippen MR) is 111 cm³/mol. The molecule has 3 heterocycles. The summed E-state index contributed by atoms with van der Waals surface area (Å²) in [6, 6.07) is 8.37. The van der Waals surface area contributed by atoms with E-state index in [-0.39, 0.29) is 17.2 Å². The number of amides is 1. The lowest BCUT2D eigenvalue weighted by Crippen LogP contribution is -2.40. The first-order chi connectivity index (χ1) is 13.6.